The van der Waals surface area contributed by atoms with Crippen molar-refractivity contribution in [3.63, 3.8) is 0 Å². The first kappa shape index (κ1) is 15.2. The van der Waals surface area contributed by atoms with Crippen molar-refractivity contribution in [1.82, 2.24) is 9.97 Å². The van der Waals surface area contributed by atoms with Crippen LogP contribution >= 0.6 is 0 Å². The number of para-hydroxylation sites is 3. The van der Waals surface area contributed by atoms with E-state index in [1.54, 1.807) is 11.1 Å². The Morgan fingerprint density at radius 1 is 1.00 bits per heavy atom. The van der Waals surface area contributed by atoms with Gasteiger partial charge in [-0.3, -0.25) is 9.78 Å². The fourth-order valence-electron chi connectivity index (χ4n) is 2.47. The first-order valence-corrected chi connectivity index (χ1v) is 7.88. The number of rotatable bonds is 5. The van der Waals surface area contributed by atoms with E-state index in [4.69, 9.17) is 0 Å². The Balaban J connectivity index is 1.95. The first-order chi connectivity index (χ1) is 11.3. The maximum absolute atomic E-state index is 12.9. The predicted molar refractivity (Wildman–Crippen MR) is 92.6 cm³/mol. The number of carbonyl (C=O) groups excluding carboxylic acids is 1. The molecule has 0 fully saturated rings. The number of nitrogens with zero attached hydrogens (tertiary/aromatic N) is 3. The lowest BCUT2D eigenvalue weighted by molar-refractivity contribution is 0.0982. The number of amides is 1. The lowest BCUT2D eigenvalue weighted by Gasteiger charge is -2.22. The fraction of sp³-hybridized carbons (Fsp3) is 0.211. The summed E-state index contributed by atoms with van der Waals surface area (Å²) < 4.78 is 0. The molecule has 0 saturated heterocycles. The van der Waals surface area contributed by atoms with Gasteiger partial charge in [-0.1, -0.05) is 43.7 Å². The van der Waals surface area contributed by atoms with Crippen LogP contribution in [0.15, 0.2) is 60.8 Å². The largest absolute Gasteiger partial charge is 0.307 e. The van der Waals surface area contributed by atoms with Crippen molar-refractivity contribution in [3.05, 3.63) is 66.5 Å². The molecular weight excluding hydrogens is 286 g/mol. The van der Waals surface area contributed by atoms with E-state index >= 15 is 0 Å². The number of benzene rings is 2. The van der Waals surface area contributed by atoms with Gasteiger partial charge >= 0.3 is 0 Å². The molecule has 1 aromatic heterocycles. The third-order valence-corrected chi connectivity index (χ3v) is 3.72. The van der Waals surface area contributed by atoms with Crippen molar-refractivity contribution in [2.75, 3.05) is 11.4 Å². The summed E-state index contributed by atoms with van der Waals surface area (Å²) in [4.78, 5) is 23.5. The third kappa shape index (κ3) is 3.37. The summed E-state index contributed by atoms with van der Waals surface area (Å²) in [6.45, 7) is 2.79. The maximum atomic E-state index is 12.9. The van der Waals surface area contributed by atoms with Crippen molar-refractivity contribution in [2.24, 2.45) is 0 Å². The number of hydrogen-bond acceptors (Lipinski definition) is 3. The summed E-state index contributed by atoms with van der Waals surface area (Å²) in [5.41, 5.74) is 2.80. The zero-order valence-corrected chi connectivity index (χ0v) is 13.1. The highest BCUT2D eigenvalue weighted by Crippen LogP contribution is 2.18. The van der Waals surface area contributed by atoms with Crippen LogP contribution in [0.3, 0.4) is 0 Å². The molecule has 4 heteroatoms. The highest BCUT2D eigenvalue weighted by molar-refractivity contribution is 6.05. The second kappa shape index (κ2) is 7.01. The van der Waals surface area contributed by atoms with Crippen LogP contribution in [0.4, 0.5) is 5.69 Å². The van der Waals surface area contributed by atoms with E-state index in [0.29, 0.717) is 12.2 Å². The molecule has 1 amide bonds. The molecule has 0 aliphatic carbocycles. The van der Waals surface area contributed by atoms with Crippen LogP contribution in [-0.4, -0.2) is 22.4 Å². The molecule has 0 aliphatic rings. The van der Waals surface area contributed by atoms with Gasteiger partial charge in [-0.2, -0.15) is 0 Å². The summed E-state index contributed by atoms with van der Waals surface area (Å²) in [5.74, 6) is -0.108. The van der Waals surface area contributed by atoms with Crippen molar-refractivity contribution in [3.8, 4) is 0 Å². The summed E-state index contributed by atoms with van der Waals surface area (Å²) in [6, 6.07) is 17.3. The highest BCUT2D eigenvalue weighted by atomic mass is 16.2. The maximum Gasteiger partial charge on any atom is 0.278 e. The Hall–Kier alpha value is -2.75. The van der Waals surface area contributed by atoms with Crippen LogP contribution < -0.4 is 4.90 Å². The first-order valence-electron chi connectivity index (χ1n) is 7.88. The molecular formula is C19H19N3O. The topological polar surface area (TPSA) is 46.1 Å². The Bertz CT molecular complexity index is 802. The van der Waals surface area contributed by atoms with Crippen LogP contribution in [0.5, 0.6) is 0 Å². The molecule has 116 valence electrons. The second-order valence-electron chi connectivity index (χ2n) is 5.39. The van der Waals surface area contributed by atoms with Crippen molar-refractivity contribution >= 4 is 22.6 Å². The van der Waals surface area contributed by atoms with Crippen LogP contribution in [0, 0.1) is 0 Å². The average Bonchev–Trinajstić information content (AvgIpc) is 2.62. The highest BCUT2D eigenvalue weighted by Gasteiger charge is 2.19. The van der Waals surface area contributed by atoms with E-state index in [1.807, 2.05) is 54.6 Å². The van der Waals surface area contributed by atoms with Gasteiger partial charge in [0.05, 0.1) is 17.2 Å². The Kier molecular flexibility index (Phi) is 4.62. The molecule has 4 nitrogen and oxygen atoms in total. The summed E-state index contributed by atoms with van der Waals surface area (Å²) >= 11 is 0. The smallest absolute Gasteiger partial charge is 0.278 e. The summed E-state index contributed by atoms with van der Waals surface area (Å²) in [7, 11) is 0. The van der Waals surface area contributed by atoms with Gasteiger partial charge in [-0.05, 0) is 30.7 Å². The zero-order chi connectivity index (χ0) is 16.1. The molecule has 0 saturated carbocycles. The zero-order valence-electron chi connectivity index (χ0n) is 13.1. The predicted octanol–water partition coefficient (Wildman–Crippen LogP) is 4.08. The molecule has 3 rings (SSSR count). The van der Waals surface area contributed by atoms with Gasteiger partial charge < -0.3 is 4.90 Å². The number of unbranched alkanes of at least 4 members (excludes halogenated alkanes) is 1. The van der Waals surface area contributed by atoms with Gasteiger partial charge in [-0.15, -0.1) is 0 Å². The quantitative estimate of drug-likeness (QED) is 0.713. The monoisotopic (exact) mass is 305 g/mol. The van der Waals surface area contributed by atoms with Crippen molar-refractivity contribution in [2.45, 2.75) is 19.8 Å². The van der Waals surface area contributed by atoms with E-state index in [0.717, 1.165) is 29.6 Å². The normalized spacial score (nSPS) is 10.7. The fourth-order valence-corrected chi connectivity index (χ4v) is 2.47. The number of fused-ring (bicyclic) bond motifs is 1. The van der Waals surface area contributed by atoms with Gasteiger partial charge in [0, 0.05) is 12.2 Å². The Labute approximate surface area is 135 Å². The van der Waals surface area contributed by atoms with Crippen molar-refractivity contribution in [1.29, 1.82) is 0 Å². The Morgan fingerprint density at radius 2 is 1.70 bits per heavy atom. The second-order valence-corrected chi connectivity index (χ2v) is 5.39. The van der Waals surface area contributed by atoms with Gasteiger partial charge in [-0.25, -0.2) is 4.98 Å². The Morgan fingerprint density at radius 3 is 2.43 bits per heavy atom. The molecule has 3 aromatic rings. The van der Waals surface area contributed by atoms with Gasteiger partial charge in [0.25, 0.3) is 5.91 Å². The minimum absolute atomic E-state index is 0.108. The van der Waals surface area contributed by atoms with Gasteiger partial charge in [0.2, 0.25) is 0 Å². The third-order valence-electron chi connectivity index (χ3n) is 3.72. The summed E-state index contributed by atoms with van der Waals surface area (Å²) in [6.07, 6.45) is 3.54. The van der Waals surface area contributed by atoms with Crippen LogP contribution in [-0.2, 0) is 0 Å². The molecule has 2 aromatic carbocycles. The van der Waals surface area contributed by atoms with E-state index < -0.39 is 0 Å². The van der Waals surface area contributed by atoms with E-state index in [9.17, 15) is 4.79 Å². The molecule has 0 N–H and O–H groups in total. The SMILES string of the molecule is CCCCN(C(=O)c1cnc2ccccc2n1)c1ccccc1. The van der Waals surface area contributed by atoms with E-state index in [1.165, 1.54) is 0 Å². The van der Waals surface area contributed by atoms with E-state index in [-0.39, 0.29) is 5.91 Å². The molecule has 0 aliphatic heterocycles. The molecule has 0 atom stereocenters. The standard InChI is InChI=1S/C19H19N3O/c1-2-3-13-22(15-9-5-4-6-10-15)19(23)18-14-20-16-11-7-8-12-17(16)21-18/h4-12,14H,2-3,13H2,1H3. The molecule has 0 bridgehead atoms. The lowest BCUT2D eigenvalue weighted by atomic mass is 10.2. The van der Waals surface area contributed by atoms with Gasteiger partial charge in [0.1, 0.15) is 5.69 Å². The van der Waals surface area contributed by atoms with Crippen LogP contribution in [0.25, 0.3) is 11.0 Å². The van der Waals surface area contributed by atoms with Crippen molar-refractivity contribution < 1.29 is 4.79 Å². The number of carbonyl (C=O) groups is 1. The summed E-state index contributed by atoms with van der Waals surface area (Å²) in [5, 5.41) is 0. The molecule has 0 unspecified atom stereocenters. The number of aromatic nitrogens is 2. The minimum Gasteiger partial charge on any atom is -0.307 e. The molecule has 1 heterocycles. The van der Waals surface area contributed by atoms with Crippen LogP contribution in [0.2, 0.25) is 0 Å². The average molecular weight is 305 g/mol. The molecule has 23 heavy (non-hydrogen) atoms. The van der Waals surface area contributed by atoms with E-state index in [2.05, 4.69) is 16.9 Å². The van der Waals surface area contributed by atoms with Gasteiger partial charge in [0.15, 0.2) is 0 Å². The number of anilines is 1. The number of hydrogen-bond donors (Lipinski definition) is 0. The lowest BCUT2D eigenvalue weighted by Crippen LogP contribution is -2.32. The van der Waals surface area contributed by atoms with Crippen LogP contribution in [0.1, 0.15) is 30.3 Å². The molecule has 0 spiro atoms. The molecule has 0 radical (unpaired) electrons. The minimum atomic E-state index is -0.108.